The zero-order valence-electron chi connectivity index (χ0n) is 5.76. The standard InChI is InChI=1S/C4H4N6OS/c5-9-2(11)1-6-10-3(9)7-8-4(10)12/h1H,5H2,(H,8,12). The van der Waals surface area contributed by atoms with Crippen LogP contribution in [0.2, 0.25) is 0 Å². The van der Waals surface area contributed by atoms with Crippen LogP contribution in [0, 0.1) is 4.77 Å². The zero-order valence-corrected chi connectivity index (χ0v) is 6.58. The van der Waals surface area contributed by atoms with E-state index in [0.717, 1.165) is 10.9 Å². The van der Waals surface area contributed by atoms with E-state index in [2.05, 4.69) is 15.3 Å². The highest BCUT2D eigenvalue weighted by Crippen LogP contribution is 1.89. The second kappa shape index (κ2) is 2.14. The highest BCUT2D eigenvalue weighted by molar-refractivity contribution is 7.71. The smallest absolute Gasteiger partial charge is 0.292 e. The molecule has 0 amide bonds. The van der Waals surface area contributed by atoms with Crippen LogP contribution in [-0.2, 0) is 0 Å². The maximum Gasteiger partial charge on any atom is 0.292 e. The number of nitrogen functional groups attached to an aromatic ring is 1. The molecule has 62 valence electrons. The van der Waals surface area contributed by atoms with Crippen molar-refractivity contribution in [2.75, 3.05) is 5.84 Å². The minimum atomic E-state index is -0.434. The van der Waals surface area contributed by atoms with Gasteiger partial charge in [0.25, 0.3) is 11.3 Å². The Morgan fingerprint density at radius 3 is 3.17 bits per heavy atom. The predicted octanol–water partition coefficient (Wildman–Crippen LogP) is -1.34. The molecule has 2 aromatic heterocycles. The van der Waals surface area contributed by atoms with Crippen LogP contribution in [0.5, 0.6) is 0 Å². The molecular weight excluding hydrogens is 180 g/mol. The number of aromatic amines is 1. The van der Waals surface area contributed by atoms with Gasteiger partial charge in [-0.25, -0.2) is 5.10 Å². The zero-order chi connectivity index (χ0) is 8.72. The molecule has 12 heavy (non-hydrogen) atoms. The number of H-pyrrole nitrogens is 1. The molecule has 3 N–H and O–H groups in total. The number of aromatic nitrogens is 5. The lowest BCUT2D eigenvalue weighted by Gasteiger charge is -1.95. The molecule has 0 bridgehead atoms. The third-order valence-electron chi connectivity index (χ3n) is 1.37. The van der Waals surface area contributed by atoms with Gasteiger partial charge >= 0.3 is 0 Å². The molecule has 2 rings (SSSR count). The van der Waals surface area contributed by atoms with Crippen LogP contribution >= 0.6 is 12.2 Å². The molecule has 0 atom stereocenters. The number of hydrogen-bond donors (Lipinski definition) is 2. The fourth-order valence-corrected chi connectivity index (χ4v) is 0.986. The Labute approximate surface area is 70.4 Å². The summed E-state index contributed by atoms with van der Waals surface area (Å²) in [5, 5.41) is 9.86. The van der Waals surface area contributed by atoms with Crippen molar-refractivity contribution in [3.05, 3.63) is 21.3 Å². The Hall–Kier alpha value is -1.70. The maximum absolute atomic E-state index is 10.9. The SMILES string of the molecule is Nn1c(=O)cnn2c(=S)[nH]nc12. The van der Waals surface area contributed by atoms with Crippen LogP contribution in [0.25, 0.3) is 5.78 Å². The van der Waals surface area contributed by atoms with Crippen LogP contribution in [0.3, 0.4) is 0 Å². The third-order valence-corrected chi connectivity index (χ3v) is 1.63. The second-order valence-electron chi connectivity index (χ2n) is 2.09. The van der Waals surface area contributed by atoms with Crippen molar-refractivity contribution >= 4 is 18.0 Å². The first-order valence-corrected chi connectivity index (χ1v) is 3.41. The van der Waals surface area contributed by atoms with Gasteiger partial charge in [-0.05, 0) is 12.2 Å². The molecule has 0 aromatic carbocycles. The Morgan fingerprint density at radius 2 is 2.42 bits per heavy atom. The average molecular weight is 184 g/mol. The molecule has 0 unspecified atom stereocenters. The van der Waals surface area contributed by atoms with Gasteiger partial charge in [0.15, 0.2) is 0 Å². The van der Waals surface area contributed by atoms with Gasteiger partial charge in [0.2, 0.25) is 4.77 Å². The number of fused-ring (bicyclic) bond motifs is 1. The summed E-state index contributed by atoms with van der Waals surface area (Å²) in [6.45, 7) is 0. The Kier molecular flexibility index (Phi) is 1.24. The number of rotatable bonds is 0. The monoisotopic (exact) mass is 184 g/mol. The van der Waals surface area contributed by atoms with E-state index in [9.17, 15) is 4.79 Å². The lowest BCUT2D eigenvalue weighted by Crippen LogP contribution is -2.29. The van der Waals surface area contributed by atoms with Crippen LogP contribution in [0.1, 0.15) is 0 Å². The molecule has 0 saturated carbocycles. The number of hydrogen-bond acceptors (Lipinski definition) is 5. The van der Waals surface area contributed by atoms with E-state index in [0.29, 0.717) is 4.77 Å². The van der Waals surface area contributed by atoms with Crippen molar-refractivity contribution in [2.45, 2.75) is 0 Å². The van der Waals surface area contributed by atoms with Crippen LogP contribution in [0.4, 0.5) is 0 Å². The predicted molar refractivity (Wildman–Crippen MR) is 42.6 cm³/mol. The van der Waals surface area contributed by atoms with Gasteiger partial charge in [-0.2, -0.15) is 14.3 Å². The molecule has 2 aromatic rings. The van der Waals surface area contributed by atoms with Crippen LogP contribution in [-0.4, -0.2) is 24.5 Å². The van der Waals surface area contributed by atoms with Crippen LogP contribution < -0.4 is 11.4 Å². The van der Waals surface area contributed by atoms with E-state index in [-0.39, 0.29) is 5.78 Å². The summed E-state index contributed by atoms with van der Waals surface area (Å²) in [6, 6.07) is 0. The summed E-state index contributed by atoms with van der Waals surface area (Å²) in [5.74, 6) is 5.53. The fourth-order valence-electron chi connectivity index (χ4n) is 0.811. The molecule has 0 fully saturated rings. The Bertz CT molecular complexity index is 534. The Morgan fingerprint density at radius 1 is 1.67 bits per heavy atom. The van der Waals surface area contributed by atoms with Gasteiger partial charge in [0.1, 0.15) is 6.20 Å². The van der Waals surface area contributed by atoms with Gasteiger partial charge in [-0.3, -0.25) is 4.79 Å². The van der Waals surface area contributed by atoms with Crippen molar-refractivity contribution in [1.29, 1.82) is 0 Å². The molecular formula is C4H4N6OS. The normalized spacial score (nSPS) is 10.7. The van der Waals surface area contributed by atoms with Gasteiger partial charge in [0.05, 0.1) is 0 Å². The molecule has 0 saturated heterocycles. The molecule has 8 heteroatoms. The molecule has 7 nitrogen and oxygen atoms in total. The van der Waals surface area contributed by atoms with Crippen molar-refractivity contribution < 1.29 is 0 Å². The van der Waals surface area contributed by atoms with E-state index in [4.69, 9.17) is 18.1 Å². The molecule has 2 heterocycles. The van der Waals surface area contributed by atoms with Crippen molar-refractivity contribution in [2.24, 2.45) is 0 Å². The second-order valence-corrected chi connectivity index (χ2v) is 2.48. The highest BCUT2D eigenvalue weighted by Gasteiger charge is 2.02. The van der Waals surface area contributed by atoms with Gasteiger partial charge in [-0.1, -0.05) is 0 Å². The van der Waals surface area contributed by atoms with E-state index < -0.39 is 5.56 Å². The van der Waals surface area contributed by atoms with Gasteiger partial charge < -0.3 is 5.84 Å². The summed E-state index contributed by atoms with van der Waals surface area (Å²) in [7, 11) is 0. The fraction of sp³-hybridized carbons (Fsp3) is 0. The largest absolute Gasteiger partial charge is 0.333 e. The molecule has 0 radical (unpaired) electrons. The number of nitrogens with two attached hydrogens (primary N) is 1. The summed E-state index contributed by atoms with van der Waals surface area (Å²) >= 11 is 4.80. The van der Waals surface area contributed by atoms with Gasteiger partial charge in [0, 0.05) is 0 Å². The summed E-state index contributed by atoms with van der Waals surface area (Å²) < 4.78 is 2.42. The van der Waals surface area contributed by atoms with E-state index in [1.165, 1.54) is 4.52 Å². The third kappa shape index (κ3) is 0.749. The van der Waals surface area contributed by atoms with E-state index >= 15 is 0 Å². The molecule has 0 aliphatic carbocycles. The first kappa shape index (κ1) is 6.98. The first-order valence-electron chi connectivity index (χ1n) is 3.00. The molecule has 0 spiro atoms. The number of nitrogens with zero attached hydrogens (tertiary/aromatic N) is 4. The number of nitrogens with one attached hydrogen (secondary N) is 1. The lowest BCUT2D eigenvalue weighted by molar-refractivity contribution is 0.805. The lowest BCUT2D eigenvalue weighted by atomic mass is 10.8. The van der Waals surface area contributed by atoms with E-state index in [1.807, 2.05) is 0 Å². The molecule has 0 aliphatic heterocycles. The molecule has 0 aliphatic rings. The highest BCUT2D eigenvalue weighted by atomic mass is 32.1. The summed E-state index contributed by atoms with van der Waals surface area (Å²) in [6.07, 6.45) is 1.07. The Balaban J connectivity index is 3.13. The minimum absolute atomic E-state index is 0.188. The topological polar surface area (TPSA) is 94.0 Å². The van der Waals surface area contributed by atoms with Crippen molar-refractivity contribution in [1.82, 2.24) is 24.5 Å². The first-order chi connectivity index (χ1) is 5.70. The summed E-state index contributed by atoms with van der Waals surface area (Å²) in [5.41, 5.74) is -0.434. The van der Waals surface area contributed by atoms with Crippen molar-refractivity contribution in [3.8, 4) is 0 Å². The van der Waals surface area contributed by atoms with Crippen LogP contribution in [0.15, 0.2) is 11.0 Å². The quantitative estimate of drug-likeness (QED) is 0.390. The average Bonchev–Trinajstić information content (AvgIpc) is 2.41. The van der Waals surface area contributed by atoms with Crippen molar-refractivity contribution in [3.63, 3.8) is 0 Å². The summed E-state index contributed by atoms with van der Waals surface area (Å²) in [4.78, 5) is 10.9. The van der Waals surface area contributed by atoms with Gasteiger partial charge in [-0.15, -0.1) is 5.10 Å². The maximum atomic E-state index is 10.9. The minimum Gasteiger partial charge on any atom is -0.333 e. The van der Waals surface area contributed by atoms with E-state index in [1.54, 1.807) is 0 Å².